The number of ketones is 1. The molecule has 2 unspecified atom stereocenters. The van der Waals surface area contributed by atoms with Crippen LogP contribution < -0.4 is 0 Å². The Morgan fingerprint density at radius 1 is 1.15 bits per heavy atom. The molecule has 0 amide bonds. The van der Waals surface area contributed by atoms with E-state index in [9.17, 15) is 4.79 Å². The highest BCUT2D eigenvalue weighted by atomic mass is 16.1. The van der Waals surface area contributed by atoms with E-state index in [4.69, 9.17) is 0 Å². The summed E-state index contributed by atoms with van der Waals surface area (Å²) >= 11 is 0. The quantitative estimate of drug-likeness (QED) is 0.732. The van der Waals surface area contributed by atoms with Gasteiger partial charge in [-0.3, -0.25) is 9.69 Å². The van der Waals surface area contributed by atoms with Crippen LogP contribution in [0.25, 0.3) is 10.9 Å². The van der Waals surface area contributed by atoms with Gasteiger partial charge in [-0.2, -0.15) is 0 Å². The summed E-state index contributed by atoms with van der Waals surface area (Å²) in [4.78, 5) is 15.1. The zero-order valence-electron chi connectivity index (χ0n) is 11.5. The summed E-state index contributed by atoms with van der Waals surface area (Å²) in [5.41, 5.74) is 4.24. The number of rotatable bonds is 0. The standard InChI is InChI=1S/C17H18N2O/c20-15-10-19-14-6-2-1-4-11(14)12-7-9-18-8-3-5-13(15)16(18)17(12)19/h1-2,4,6,13,16H,3,5,7-10H2. The molecule has 0 aliphatic carbocycles. The van der Waals surface area contributed by atoms with Crippen LogP contribution in [0.5, 0.6) is 0 Å². The van der Waals surface area contributed by atoms with E-state index in [1.54, 1.807) is 0 Å². The number of Topliss-reactive ketones (excluding diaryl/α,β-unsaturated/α-hetero) is 1. The highest BCUT2D eigenvalue weighted by Gasteiger charge is 2.45. The number of aromatic nitrogens is 1. The molecule has 1 fully saturated rings. The van der Waals surface area contributed by atoms with E-state index < -0.39 is 0 Å². The number of carbonyl (C=O) groups is 1. The number of carbonyl (C=O) groups excluding carboxylic acids is 1. The summed E-state index contributed by atoms with van der Waals surface area (Å²) in [5.74, 6) is 0.695. The van der Waals surface area contributed by atoms with E-state index in [1.165, 1.54) is 28.6 Å². The predicted octanol–water partition coefficient (Wildman–Crippen LogP) is 2.53. The molecule has 2 atom stereocenters. The van der Waals surface area contributed by atoms with Crippen LogP contribution >= 0.6 is 0 Å². The number of hydrogen-bond donors (Lipinski definition) is 0. The fraction of sp³-hybridized carbons (Fsp3) is 0.471. The van der Waals surface area contributed by atoms with E-state index in [-0.39, 0.29) is 5.92 Å². The zero-order valence-corrected chi connectivity index (χ0v) is 11.5. The first-order chi connectivity index (χ1) is 9.84. The summed E-state index contributed by atoms with van der Waals surface area (Å²) in [7, 11) is 0. The topological polar surface area (TPSA) is 25.2 Å². The van der Waals surface area contributed by atoms with Crippen LogP contribution in [0.1, 0.15) is 30.1 Å². The molecule has 1 saturated heterocycles. The zero-order chi connectivity index (χ0) is 13.3. The number of benzene rings is 1. The van der Waals surface area contributed by atoms with E-state index >= 15 is 0 Å². The second-order valence-corrected chi connectivity index (χ2v) is 6.41. The molecule has 0 N–H and O–H groups in total. The van der Waals surface area contributed by atoms with Crippen LogP contribution in [0.2, 0.25) is 0 Å². The van der Waals surface area contributed by atoms with Crippen molar-refractivity contribution < 1.29 is 4.79 Å². The first kappa shape index (κ1) is 11.1. The normalized spacial score (nSPS) is 28.7. The molecule has 5 rings (SSSR count). The van der Waals surface area contributed by atoms with Gasteiger partial charge in [0.25, 0.3) is 0 Å². The second kappa shape index (κ2) is 3.73. The molecular weight excluding hydrogens is 248 g/mol. The van der Waals surface area contributed by atoms with Crippen molar-refractivity contribution >= 4 is 16.7 Å². The lowest BCUT2D eigenvalue weighted by Gasteiger charge is -2.46. The Bertz CT molecular complexity index is 730. The maximum Gasteiger partial charge on any atom is 0.157 e. The van der Waals surface area contributed by atoms with Crippen molar-refractivity contribution in [3.05, 3.63) is 35.5 Å². The highest BCUT2D eigenvalue weighted by molar-refractivity contribution is 5.91. The molecule has 1 aromatic carbocycles. The summed E-state index contributed by atoms with van der Waals surface area (Å²) < 4.78 is 2.31. The fourth-order valence-corrected chi connectivity index (χ4v) is 4.71. The Labute approximate surface area is 118 Å². The average molecular weight is 266 g/mol. The molecule has 3 heteroatoms. The summed E-state index contributed by atoms with van der Waals surface area (Å²) in [6.45, 7) is 2.87. The molecule has 0 bridgehead atoms. The average Bonchev–Trinajstić information content (AvgIpc) is 2.82. The lowest BCUT2D eigenvalue weighted by molar-refractivity contribution is -0.129. The fourth-order valence-electron chi connectivity index (χ4n) is 4.71. The van der Waals surface area contributed by atoms with E-state index in [0.717, 1.165) is 25.9 Å². The van der Waals surface area contributed by atoms with Crippen molar-refractivity contribution in [3.8, 4) is 0 Å². The number of hydrogen-bond acceptors (Lipinski definition) is 2. The van der Waals surface area contributed by atoms with E-state index in [2.05, 4.69) is 33.7 Å². The minimum atomic E-state index is 0.250. The largest absolute Gasteiger partial charge is 0.335 e. The number of piperidine rings is 1. The van der Waals surface area contributed by atoms with Gasteiger partial charge >= 0.3 is 0 Å². The highest BCUT2D eigenvalue weighted by Crippen LogP contribution is 2.47. The minimum absolute atomic E-state index is 0.250. The third-order valence-electron chi connectivity index (χ3n) is 5.51. The summed E-state index contributed by atoms with van der Waals surface area (Å²) in [5, 5.41) is 1.38. The van der Waals surface area contributed by atoms with Crippen LogP contribution in [0.15, 0.2) is 24.3 Å². The number of para-hydroxylation sites is 1. The third-order valence-corrected chi connectivity index (χ3v) is 5.51. The Balaban J connectivity index is 1.86. The number of fused-ring (bicyclic) bond motifs is 3. The van der Waals surface area contributed by atoms with E-state index in [1.807, 2.05) is 0 Å². The molecule has 4 heterocycles. The smallest absolute Gasteiger partial charge is 0.157 e. The molecule has 20 heavy (non-hydrogen) atoms. The molecule has 0 spiro atoms. The molecule has 0 radical (unpaired) electrons. The molecule has 3 nitrogen and oxygen atoms in total. The molecule has 3 aliphatic heterocycles. The van der Waals surface area contributed by atoms with Gasteiger partial charge in [0.2, 0.25) is 0 Å². The van der Waals surface area contributed by atoms with Crippen LogP contribution in [0.3, 0.4) is 0 Å². The maximum absolute atomic E-state index is 12.6. The molecule has 0 saturated carbocycles. The lowest BCUT2D eigenvalue weighted by atomic mass is 9.78. The summed E-state index contributed by atoms with van der Waals surface area (Å²) in [6.07, 6.45) is 3.41. The Kier molecular flexibility index (Phi) is 2.07. The van der Waals surface area contributed by atoms with Crippen LogP contribution in [-0.4, -0.2) is 28.3 Å². The van der Waals surface area contributed by atoms with Gasteiger partial charge in [0, 0.05) is 29.1 Å². The van der Waals surface area contributed by atoms with Gasteiger partial charge in [0.05, 0.1) is 12.6 Å². The van der Waals surface area contributed by atoms with E-state index in [0.29, 0.717) is 18.4 Å². The van der Waals surface area contributed by atoms with Gasteiger partial charge in [0.1, 0.15) is 0 Å². The molecule has 1 aromatic heterocycles. The lowest BCUT2D eigenvalue weighted by Crippen LogP contribution is -2.49. The Morgan fingerprint density at radius 3 is 3.00 bits per heavy atom. The van der Waals surface area contributed by atoms with Gasteiger partial charge in [-0.1, -0.05) is 18.2 Å². The Hall–Kier alpha value is -1.61. The van der Waals surface area contributed by atoms with Gasteiger partial charge in [-0.05, 0) is 37.4 Å². The Morgan fingerprint density at radius 2 is 2.05 bits per heavy atom. The molecule has 3 aliphatic rings. The first-order valence-electron chi connectivity index (χ1n) is 7.71. The van der Waals surface area contributed by atoms with Gasteiger partial charge in [-0.15, -0.1) is 0 Å². The van der Waals surface area contributed by atoms with Crippen LogP contribution in [-0.2, 0) is 17.8 Å². The van der Waals surface area contributed by atoms with Crippen molar-refractivity contribution in [2.75, 3.05) is 13.1 Å². The molecule has 102 valence electrons. The minimum Gasteiger partial charge on any atom is -0.335 e. The van der Waals surface area contributed by atoms with Gasteiger partial charge in [-0.25, -0.2) is 0 Å². The second-order valence-electron chi connectivity index (χ2n) is 6.41. The number of nitrogens with zero attached hydrogens (tertiary/aromatic N) is 2. The van der Waals surface area contributed by atoms with Crippen molar-refractivity contribution in [1.82, 2.24) is 9.47 Å². The third kappa shape index (κ3) is 1.22. The van der Waals surface area contributed by atoms with Crippen molar-refractivity contribution in [2.24, 2.45) is 5.92 Å². The SMILES string of the molecule is O=C1Cn2c3c(c4ccccc42)CCN2CCCC1C32. The predicted molar refractivity (Wildman–Crippen MR) is 77.7 cm³/mol. The van der Waals surface area contributed by atoms with Crippen molar-refractivity contribution in [3.63, 3.8) is 0 Å². The van der Waals surface area contributed by atoms with Gasteiger partial charge < -0.3 is 4.57 Å². The van der Waals surface area contributed by atoms with Crippen LogP contribution in [0.4, 0.5) is 0 Å². The van der Waals surface area contributed by atoms with Crippen molar-refractivity contribution in [1.29, 1.82) is 0 Å². The molecular formula is C17H18N2O. The van der Waals surface area contributed by atoms with Gasteiger partial charge in [0.15, 0.2) is 5.78 Å². The monoisotopic (exact) mass is 266 g/mol. The van der Waals surface area contributed by atoms with Crippen LogP contribution in [0, 0.1) is 5.92 Å². The molecule has 2 aromatic rings. The summed E-state index contributed by atoms with van der Waals surface area (Å²) in [6, 6.07) is 8.98. The van der Waals surface area contributed by atoms with Crippen molar-refractivity contribution in [2.45, 2.75) is 31.8 Å². The first-order valence-corrected chi connectivity index (χ1v) is 7.71. The maximum atomic E-state index is 12.6.